The van der Waals surface area contributed by atoms with Crippen molar-refractivity contribution in [2.45, 2.75) is 31.8 Å². The summed E-state index contributed by atoms with van der Waals surface area (Å²) >= 11 is 0. The van der Waals surface area contributed by atoms with Crippen molar-refractivity contribution in [3.8, 4) is 11.3 Å². The van der Waals surface area contributed by atoms with Crippen LogP contribution in [0.2, 0.25) is 0 Å². The van der Waals surface area contributed by atoms with E-state index in [2.05, 4.69) is 0 Å². The largest absolute Gasteiger partial charge is 0.461 e. The molecule has 0 radical (unpaired) electrons. The van der Waals surface area contributed by atoms with Gasteiger partial charge in [0.25, 0.3) is 0 Å². The minimum atomic E-state index is -0.378. The molecule has 1 aliphatic rings. The summed E-state index contributed by atoms with van der Waals surface area (Å²) in [6, 6.07) is 13.8. The summed E-state index contributed by atoms with van der Waals surface area (Å²) in [6.45, 7) is 0.428. The van der Waals surface area contributed by atoms with Gasteiger partial charge in [-0.3, -0.25) is 4.79 Å². The van der Waals surface area contributed by atoms with Crippen molar-refractivity contribution in [3.63, 3.8) is 0 Å². The minimum absolute atomic E-state index is 0.0439. The van der Waals surface area contributed by atoms with Crippen molar-refractivity contribution in [2.75, 3.05) is 13.6 Å². The van der Waals surface area contributed by atoms with Gasteiger partial charge >= 0.3 is 0 Å². The first kappa shape index (κ1) is 15.8. The molecule has 0 spiro atoms. The van der Waals surface area contributed by atoms with Crippen LogP contribution in [0.15, 0.2) is 46.9 Å². The molecule has 122 valence electrons. The number of furan rings is 1. The zero-order chi connectivity index (χ0) is 16.2. The van der Waals surface area contributed by atoms with E-state index in [1.54, 1.807) is 11.9 Å². The lowest BCUT2D eigenvalue weighted by Crippen LogP contribution is -2.35. The van der Waals surface area contributed by atoms with E-state index in [1.165, 1.54) is 0 Å². The third-order valence-corrected chi connectivity index (χ3v) is 4.36. The Hall–Kier alpha value is -2.07. The van der Waals surface area contributed by atoms with E-state index < -0.39 is 0 Å². The predicted molar refractivity (Wildman–Crippen MR) is 88.8 cm³/mol. The maximum absolute atomic E-state index is 12.1. The van der Waals surface area contributed by atoms with Crippen LogP contribution in [-0.2, 0) is 11.2 Å². The smallest absolute Gasteiger partial charge is 0.222 e. The Morgan fingerprint density at radius 1 is 1.26 bits per heavy atom. The number of aliphatic hydroxyl groups excluding tert-OH is 1. The van der Waals surface area contributed by atoms with Gasteiger partial charge in [0.2, 0.25) is 5.91 Å². The van der Waals surface area contributed by atoms with Crippen molar-refractivity contribution in [1.82, 2.24) is 4.90 Å². The van der Waals surface area contributed by atoms with Crippen molar-refractivity contribution < 1.29 is 14.3 Å². The number of likely N-dealkylation sites (N-methyl/N-ethyl adjacent to an activating group) is 1. The minimum Gasteiger partial charge on any atom is -0.461 e. The van der Waals surface area contributed by atoms with Crippen LogP contribution >= 0.6 is 0 Å². The van der Waals surface area contributed by atoms with Gasteiger partial charge in [-0.2, -0.15) is 0 Å². The van der Waals surface area contributed by atoms with Gasteiger partial charge < -0.3 is 14.4 Å². The predicted octanol–water partition coefficient (Wildman–Crippen LogP) is 3.11. The van der Waals surface area contributed by atoms with Crippen LogP contribution in [0.3, 0.4) is 0 Å². The summed E-state index contributed by atoms with van der Waals surface area (Å²) in [5.41, 5.74) is 1.04. The summed E-state index contributed by atoms with van der Waals surface area (Å²) in [4.78, 5) is 13.8. The Labute approximate surface area is 136 Å². The number of carbonyl (C=O) groups is 1. The molecule has 1 heterocycles. The molecule has 0 bridgehead atoms. The third-order valence-electron chi connectivity index (χ3n) is 4.36. The van der Waals surface area contributed by atoms with Gasteiger partial charge in [0.05, 0.1) is 6.10 Å². The maximum atomic E-state index is 12.1. The van der Waals surface area contributed by atoms with Crippen molar-refractivity contribution in [3.05, 3.63) is 48.2 Å². The first-order valence-electron chi connectivity index (χ1n) is 8.19. The number of amides is 1. The zero-order valence-electron chi connectivity index (χ0n) is 13.4. The van der Waals surface area contributed by atoms with Gasteiger partial charge in [-0.25, -0.2) is 0 Å². The summed E-state index contributed by atoms with van der Waals surface area (Å²) in [7, 11) is 1.76. The Balaban J connectivity index is 1.50. The molecular formula is C19H23NO3. The van der Waals surface area contributed by atoms with Crippen molar-refractivity contribution in [1.29, 1.82) is 0 Å². The SMILES string of the molecule is CN(CC(O)C1CC1)C(=O)CCc1ccc(-c2ccccc2)o1. The Morgan fingerprint density at radius 2 is 2.00 bits per heavy atom. The van der Waals surface area contributed by atoms with Crippen LogP contribution in [0.25, 0.3) is 11.3 Å². The normalized spacial score (nSPS) is 15.4. The fraction of sp³-hybridized carbons (Fsp3) is 0.421. The van der Waals surface area contributed by atoms with E-state index in [9.17, 15) is 9.90 Å². The number of rotatable bonds is 7. The van der Waals surface area contributed by atoms with E-state index in [4.69, 9.17) is 4.42 Å². The molecule has 1 aromatic heterocycles. The highest BCUT2D eigenvalue weighted by Gasteiger charge is 2.31. The third kappa shape index (κ3) is 4.23. The topological polar surface area (TPSA) is 53.7 Å². The van der Waals surface area contributed by atoms with Gasteiger partial charge in [-0.15, -0.1) is 0 Å². The molecule has 1 N–H and O–H groups in total. The van der Waals surface area contributed by atoms with E-state index >= 15 is 0 Å². The van der Waals surface area contributed by atoms with E-state index in [-0.39, 0.29) is 12.0 Å². The van der Waals surface area contributed by atoms with Gasteiger partial charge in [-0.05, 0) is 30.9 Å². The number of aliphatic hydroxyl groups is 1. The first-order valence-corrected chi connectivity index (χ1v) is 8.19. The second-order valence-corrected chi connectivity index (χ2v) is 6.31. The molecule has 1 aromatic carbocycles. The molecule has 0 saturated heterocycles. The zero-order valence-corrected chi connectivity index (χ0v) is 13.4. The molecule has 1 unspecified atom stereocenters. The van der Waals surface area contributed by atoms with Gasteiger partial charge in [-0.1, -0.05) is 30.3 Å². The quantitative estimate of drug-likeness (QED) is 0.854. The Morgan fingerprint density at radius 3 is 2.70 bits per heavy atom. The molecule has 1 fully saturated rings. The fourth-order valence-corrected chi connectivity index (χ4v) is 2.70. The maximum Gasteiger partial charge on any atom is 0.222 e. The molecule has 1 saturated carbocycles. The standard InChI is InChI=1S/C19H23NO3/c1-20(13-17(21)14-7-8-14)19(22)12-10-16-9-11-18(23-16)15-5-3-2-4-6-15/h2-6,9,11,14,17,21H,7-8,10,12-13H2,1H3. The fourth-order valence-electron chi connectivity index (χ4n) is 2.70. The second kappa shape index (κ2) is 7.01. The van der Waals surface area contributed by atoms with Crippen LogP contribution in [0.4, 0.5) is 0 Å². The van der Waals surface area contributed by atoms with Gasteiger partial charge in [0.1, 0.15) is 11.5 Å². The number of hydrogen-bond donors (Lipinski definition) is 1. The van der Waals surface area contributed by atoms with E-state index in [0.29, 0.717) is 25.3 Å². The average molecular weight is 313 g/mol. The van der Waals surface area contributed by atoms with Crippen molar-refractivity contribution >= 4 is 5.91 Å². The van der Waals surface area contributed by atoms with Gasteiger partial charge in [0.15, 0.2) is 0 Å². The van der Waals surface area contributed by atoms with Crippen LogP contribution in [0.5, 0.6) is 0 Å². The lowest BCUT2D eigenvalue weighted by Gasteiger charge is -2.20. The molecule has 1 aliphatic carbocycles. The molecule has 4 nitrogen and oxygen atoms in total. The molecule has 23 heavy (non-hydrogen) atoms. The average Bonchev–Trinajstić information content (AvgIpc) is 3.32. The molecule has 1 atom stereocenters. The monoisotopic (exact) mass is 313 g/mol. The van der Waals surface area contributed by atoms with Gasteiger partial charge in [0, 0.05) is 32.0 Å². The lowest BCUT2D eigenvalue weighted by atomic mass is 10.2. The summed E-state index contributed by atoms with van der Waals surface area (Å²) in [6.07, 6.45) is 2.76. The van der Waals surface area contributed by atoms with Crippen LogP contribution in [0.1, 0.15) is 25.0 Å². The molecule has 0 aliphatic heterocycles. The number of nitrogens with zero attached hydrogens (tertiary/aromatic N) is 1. The Kier molecular flexibility index (Phi) is 4.82. The molecule has 1 amide bonds. The van der Waals surface area contributed by atoms with Crippen molar-refractivity contribution in [2.24, 2.45) is 5.92 Å². The van der Waals surface area contributed by atoms with Crippen LogP contribution < -0.4 is 0 Å². The number of hydrogen-bond acceptors (Lipinski definition) is 3. The summed E-state index contributed by atoms with van der Waals surface area (Å²) in [5, 5.41) is 9.91. The molecule has 4 heteroatoms. The second-order valence-electron chi connectivity index (χ2n) is 6.31. The highest BCUT2D eigenvalue weighted by molar-refractivity contribution is 5.76. The van der Waals surface area contributed by atoms with E-state index in [0.717, 1.165) is 29.9 Å². The lowest BCUT2D eigenvalue weighted by molar-refractivity contribution is -0.131. The molecular weight excluding hydrogens is 290 g/mol. The van der Waals surface area contributed by atoms with Crippen LogP contribution in [-0.4, -0.2) is 35.6 Å². The summed E-state index contributed by atoms with van der Waals surface area (Å²) < 4.78 is 5.81. The Bertz CT molecular complexity index is 646. The summed E-state index contributed by atoms with van der Waals surface area (Å²) in [5.74, 6) is 2.07. The van der Waals surface area contributed by atoms with Crippen LogP contribution in [0, 0.1) is 5.92 Å². The van der Waals surface area contributed by atoms with E-state index in [1.807, 2.05) is 42.5 Å². The number of carbonyl (C=O) groups excluding carboxylic acids is 1. The number of benzene rings is 1. The molecule has 2 aromatic rings. The highest BCUT2D eigenvalue weighted by atomic mass is 16.3. The number of aryl methyl sites for hydroxylation is 1. The highest BCUT2D eigenvalue weighted by Crippen LogP contribution is 2.32. The first-order chi connectivity index (χ1) is 11.1. The molecule has 3 rings (SSSR count).